The maximum Gasteiger partial charge on any atom is 0.363 e. The largest absolute Gasteiger partial charge is 0.479 e. The van der Waals surface area contributed by atoms with Crippen molar-refractivity contribution < 1.29 is 68.5 Å². The van der Waals surface area contributed by atoms with Crippen LogP contribution in [0.25, 0.3) is 0 Å². The third-order valence-electron chi connectivity index (χ3n) is 9.61. The Morgan fingerprint density at radius 1 is 0.959 bits per heavy atom. The fourth-order valence-electron chi connectivity index (χ4n) is 7.08. The van der Waals surface area contributed by atoms with Crippen molar-refractivity contribution in [2.75, 3.05) is 0 Å². The molecule has 2 bridgehead atoms. The molecular formula is C35H46O14. The smallest absolute Gasteiger partial charge is 0.363 e. The number of rotatable bonds is 17. The standard InChI is InChI=1S/C35H46O14/c1-7-13-24(25-14-11-10-12-15-25)18-19-32(47-26(37)17-16-22(5)20-21(4)8-2)27(38)35(46-23(6)36)48-31(9-3,28(39)40)33(45,29(41)42)34(32,49-35)30(43)44/h9-12,14-17,21-22,24,27,38,45H,3,7-8,13,18-20H2,1-2,4-6H3,(H,39,40)(H,41,42)(H,43,44)/t21-,22+,24-,27+,31?,32+,33-,34-,35?/m0/s1. The SMILES string of the molecule is C=CC1(C(=O)O)OC2(OC(C)=O)O[C@@](C(=O)O)([C@](CC[C@H](CCC)c3ccccc3)(OC(=O)C=C[C@@H](C)C[C@@H](C)CC)[C@H]2O)[C@]1(O)C(=O)O. The van der Waals surface area contributed by atoms with E-state index in [1.165, 1.54) is 6.08 Å². The van der Waals surface area contributed by atoms with Gasteiger partial charge in [0.1, 0.15) is 0 Å². The lowest BCUT2D eigenvalue weighted by Crippen LogP contribution is -2.85. The van der Waals surface area contributed by atoms with Gasteiger partial charge in [-0.25, -0.2) is 19.2 Å². The Morgan fingerprint density at radius 2 is 1.59 bits per heavy atom. The van der Waals surface area contributed by atoms with Gasteiger partial charge in [-0.2, -0.15) is 0 Å². The van der Waals surface area contributed by atoms with E-state index in [0.717, 1.165) is 25.0 Å². The molecule has 5 N–H and O–H groups in total. The van der Waals surface area contributed by atoms with Crippen molar-refractivity contribution in [2.24, 2.45) is 11.8 Å². The summed E-state index contributed by atoms with van der Waals surface area (Å²) in [6.45, 7) is 11.8. The number of fused-ring (bicyclic) bond motifs is 2. The summed E-state index contributed by atoms with van der Waals surface area (Å²) in [6, 6.07) is 8.87. The monoisotopic (exact) mass is 690 g/mol. The number of carbonyl (C=O) groups excluding carboxylic acids is 2. The fourth-order valence-corrected chi connectivity index (χ4v) is 7.08. The number of esters is 2. The fraction of sp³-hybridized carbons (Fsp3) is 0.571. The van der Waals surface area contributed by atoms with Crippen molar-refractivity contribution in [2.45, 2.75) is 114 Å². The van der Waals surface area contributed by atoms with Crippen LogP contribution in [-0.2, 0) is 42.9 Å². The summed E-state index contributed by atoms with van der Waals surface area (Å²) < 4.78 is 22.0. The zero-order valence-corrected chi connectivity index (χ0v) is 28.3. The second kappa shape index (κ2) is 14.8. The average Bonchev–Trinajstić information content (AvgIpc) is 3.22. The summed E-state index contributed by atoms with van der Waals surface area (Å²) in [5.41, 5.74) is -14.2. The summed E-state index contributed by atoms with van der Waals surface area (Å²) in [5.74, 6) is -13.5. The van der Waals surface area contributed by atoms with Crippen molar-refractivity contribution in [3.8, 4) is 0 Å². The van der Waals surface area contributed by atoms with Gasteiger partial charge in [-0.15, -0.1) is 0 Å². The van der Waals surface area contributed by atoms with Crippen molar-refractivity contribution in [1.82, 2.24) is 0 Å². The Bertz CT molecular complexity index is 1460. The quantitative estimate of drug-likeness (QED) is 0.0896. The van der Waals surface area contributed by atoms with Gasteiger partial charge in [0, 0.05) is 13.0 Å². The molecule has 0 radical (unpaired) electrons. The first-order chi connectivity index (χ1) is 22.9. The minimum absolute atomic E-state index is 0.130. The zero-order valence-electron chi connectivity index (χ0n) is 28.3. The van der Waals surface area contributed by atoms with E-state index in [9.17, 15) is 49.5 Å². The first-order valence-corrected chi connectivity index (χ1v) is 16.2. The van der Waals surface area contributed by atoms with Crippen molar-refractivity contribution >= 4 is 29.8 Å². The van der Waals surface area contributed by atoms with Crippen LogP contribution in [0.2, 0.25) is 0 Å². The molecule has 49 heavy (non-hydrogen) atoms. The molecule has 1 aromatic rings. The van der Waals surface area contributed by atoms with E-state index < -0.39 is 76.7 Å². The molecule has 14 nitrogen and oxygen atoms in total. The lowest BCUT2D eigenvalue weighted by Gasteiger charge is -2.54. The number of benzene rings is 1. The number of hydrogen-bond acceptors (Lipinski definition) is 11. The molecule has 2 heterocycles. The molecular weight excluding hydrogens is 644 g/mol. The second-order valence-electron chi connectivity index (χ2n) is 12.9. The highest BCUT2D eigenvalue weighted by Gasteiger charge is 2.96. The van der Waals surface area contributed by atoms with Crippen LogP contribution >= 0.6 is 0 Å². The van der Waals surface area contributed by atoms with Gasteiger partial charge in [0.25, 0.3) is 11.2 Å². The predicted molar refractivity (Wildman–Crippen MR) is 171 cm³/mol. The number of hydrogen-bond donors (Lipinski definition) is 5. The predicted octanol–water partition coefficient (Wildman–Crippen LogP) is 3.55. The summed E-state index contributed by atoms with van der Waals surface area (Å²) in [7, 11) is 0. The Morgan fingerprint density at radius 3 is 2.08 bits per heavy atom. The van der Waals surface area contributed by atoms with E-state index in [4.69, 9.17) is 18.9 Å². The molecule has 9 atom stereocenters. The third kappa shape index (κ3) is 6.38. The lowest BCUT2D eigenvalue weighted by atomic mass is 9.61. The molecule has 3 rings (SSSR count). The molecule has 1 aromatic carbocycles. The number of allylic oxidation sites excluding steroid dienone is 1. The molecule has 2 saturated heterocycles. The number of aliphatic hydroxyl groups is 2. The van der Waals surface area contributed by atoms with Crippen LogP contribution in [0.15, 0.2) is 55.1 Å². The lowest BCUT2D eigenvalue weighted by molar-refractivity contribution is -0.459. The minimum atomic E-state index is -4.22. The minimum Gasteiger partial charge on any atom is -0.479 e. The Labute approximate surface area is 284 Å². The number of carbonyl (C=O) groups is 5. The summed E-state index contributed by atoms with van der Waals surface area (Å²) >= 11 is 0. The molecule has 2 unspecified atom stereocenters. The van der Waals surface area contributed by atoms with Gasteiger partial charge in [-0.1, -0.05) is 83.5 Å². The summed E-state index contributed by atoms with van der Waals surface area (Å²) in [6.07, 6.45) is 1.71. The number of aliphatic hydroxyl groups excluding tert-OH is 1. The second-order valence-corrected chi connectivity index (χ2v) is 12.9. The maximum atomic E-state index is 13.7. The normalized spacial score (nSPS) is 32.5. The van der Waals surface area contributed by atoms with E-state index in [1.54, 1.807) is 30.3 Å². The topological polar surface area (TPSA) is 223 Å². The van der Waals surface area contributed by atoms with Crippen molar-refractivity contribution in [3.05, 3.63) is 60.7 Å². The molecule has 0 aliphatic carbocycles. The van der Waals surface area contributed by atoms with Gasteiger partial charge >= 0.3 is 35.8 Å². The summed E-state index contributed by atoms with van der Waals surface area (Å²) in [5, 5.41) is 56.2. The summed E-state index contributed by atoms with van der Waals surface area (Å²) in [4.78, 5) is 65.8. The highest BCUT2D eigenvalue weighted by molar-refractivity contribution is 6.02. The van der Waals surface area contributed by atoms with Gasteiger partial charge in [0.05, 0.1) is 0 Å². The van der Waals surface area contributed by atoms with Crippen LogP contribution in [0, 0.1) is 11.8 Å². The number of carboxylic acids is 3. The first kappa shape index (κ1) is 39.3. The van der Waals surface area contributed by atoms with Gasteiger partial charge in [-0.05, 0) is 55.1 Å². The number of aliphatic carboxylic acids is 3. The molecule has 0 saturated carbocycles. The van der Waals surface area contributed by atoms with Gasteiger partial charge in [0.2, 0.25) is 5.60 Å². The molecule has 270 valence electrons. The van der Waals surface area contributed by atoms with Crippen LogP contribution in [0.5, 0.6) is 0 Å². The highest BCUT2D eigenvalue weighted by atomic mass is 16.9. The molecule has 2 fully saturated rings. The highest BCUT2D eigenvalue weighted by Crippen LogP contribution is 2.64. The zero-order chi connectivity index (χ0) is 37.0. The van der Waals surface area contributed by atoms with E-state index >= 15 is 0 Å². The van der Waals surface area contributed by atoms with Crippen molar-refractivity contribution in [1.29, 1.82) is 0 Å². The number of carboxylic acid groups (broad SMARTS) is 3. The van der Waals surface area contributed by atoms with Gasteiger partial charge in [-0.3, -0.25) is 14.3 Å². The Kier molecular flexibility index (Phi) is 11.9. The molecule has 2 aliphatic rings. The van der Waals surface area contributed by atoms with E-state index in [0.29, 0.717) is 19.3 Å². The van der Waals surface area contributed by atoms with Gasteiger partial charge in [0.15, 0.2) is 11.7 Å². The van der Waals surface area contributed by atoms with Crippen LogP contribution in [-0.4, -0.2) is 89.9 Å². The van der Waals surface area contributed by atoms with Crippen LogP contribution in [0.4, 0.5) is 0 Å². The Balaban J connectivity index is 2.41. The van der Waals surface area contributed by atoms with Crippen LogP contribution < -0.4 is 0 Å². The molecule has 0 aromatic heterocycles. The number of ether oxygens (including phenoxy) is 4. The third-order valence-corrected chi connectivity index (χ3v) is 9.61. The molecule has 2 aliphatic heterocycles. The molecule has 0 spiro atoms. The van der Waals surface area contributed by atoms with E-state index in [2.05, 4.69) is 6.58 Å². The van der Waals surface area contributed by atoms with Gasteiger partial charge < -0.3 is 35.0 Å². The van der Waals surface area contributed by atoms with E-state index in [-0.39, 0.29) is 24.3 Å². The average molecular weight is 691 g/mol. The maximum absolute atomic E-state index is 13.7. The molecule has 14 heteroatoms. The van der Waals surface area contributed by atoms with E-state index in [1.807, 2.05) is 27.7 Å². The molecule has 0 amide bonds. The van der Waals surface area contributed by atoms with Crippen LogP contribution in [0.1, 0.15) is 84.6 Å². The Hall–Kier alpha value is -4.11. The first-order valence-electron chi connectivity index (χ1n) is 16.2. The van der Waals surface area contributed by atoms with Crippen LogP contribution in [0.3, 0.4) is 0 Å². The van der Waals surface area contributed by atoms with Crippen molar-refractivity contribution in [3.63, 3.8) is 0 Å².